The number of hydrogen-bond acceptors (Lipinski definition) is 3. The molecule has 0 aliphatic rings. The van der Waals surface area contributed by atoms with Gasteiger partial charge < -0.3 is 10.5 Å². The van der Waals surface area contributed by atoms with Gasteiger partial charge in [-0.25, -0.2) is 0 Å². The van der Waals surface area contributed by atoms with Crippen molar-refractivity contribution in [3.05, 3.63) is 50.1 Å². The number of nitrogens with two attached hydrogens (primary N) is 1. The lowest BCUT2D eigenvalue weighted by atomic mass is 10.0. The molecular weight excluding hydrogens is 298 g/mol. The molecule has 0 radical (unpaired) electrons. The van der Waals surface area contributed by atoms with Crippen LogP contribution in [0.3, 0.4) is 0 Å². The van der Waals surface area contributed by atoms with Crippen LogP contribution < -0.4 is 10.5 Å². The maximum absolute atomic E-state index is 6.27. The number of methoxy groups -OCH3 is 1. The van der Waals surface area contributed by atoms with Gasteiger partial charge in [-0.15, -0.1) is 11.3 Å². The maximum atomic E-state index is 6.27. The van der Waals surface area contributed by atoms with E-state index in [2.05, 4.69) is 34.3 Å². The summed E-state index contributed by atoms with van der Waals surface area (Å²) in [5, 5.41) is 2.07. The first kappa shape index (κ1) is 12.6. The SMILES string of the molecule is COc1ccc(C(N)c2ccsc2C)cc1Br. The highest BCUT2D eigenvalue weighted by Gasteiger charge is 2.13. The van der Waals surface area contributed by atoms with Gasteiger partial charge in [0.2, 0.25) is 0 Å². The van der Waals surface area contributed by atoms with E-state index in [-0.39, 0.29) is 6.04 Å². The minimum Gasteiger partial charge on any atom is -0.496 e. The van der Waals surface area contributed by atoms with Crippen LogP contribution in [0.2, 0.25) is 0 Å². The van der Waals surface area contributed by atoms with Gasteiger partial charge in [0.15, 0.2) is 0 Å². The summed E-state index contributed by atoms with van der Waals surface area (Å²) in [7, 11) is 1.66. The summed E-state index contributed by atoms with van der Waals surface area (Å²) in [6.45, 7) is 2.10. The van der Waals surface area contributed by atoms with Crippen LogP contribution in [-0.4, -0.2) is 7.11 Å². The van der Waals surface area contributed by atoms with Crippen molar-refractivity contribution in [3.8, 4) is 5.75 Å². The normalized spacial score (nSPS) is 12.5. The van der Waals surface area contributed by atoms with Gasteiger partial charge in [0, 0.05) is 4.88 Å². The van der Waals surface area contributed by atoms with Crippen LogP contribution in [0, 0.1) is 6.92 Å². The molecule has 2 nitrogen and oxygen atoms in total. The van der Waals surface area contributed by atoms with Gasteiger partial charge in [-0.3, -0.25) is 0 Å². The Balaban J connectivity index is 2.35. The second kappa shape index (κ2) is 5.21. The lowest BCUT2D eigenvalue weighted by molar-refractivity contribution is 0.412. The van der Waals surface area contributed by atoms with Crippen LogP contribution in [0.1, 0.15) is 22.0 Å². The Labute approximate surface area is 114 Å². The number of halogens is 1. The van der Waals surface area contributed by atoms with Crippen LogP contribution in [-0.2, 0) is 0 Å². The average Bonchev–Trinajstić information content (AvgIpc) is 2.74. The summed E-state index contributed by atoms with van der Waals surface area (Å²) in [4.78, 5) is 1.27. The van der Waals surface area contributed by atoms with E-state index >= 15 is 0 Å². The smallest absolute Gasteiger partial charge is 0.133 e. The average molecular weight is 312 g/mol. The van der Waals surface area contributed by atoms with E-state index < -0.39 is 0 Å². The van der Waals surface area contributed by atoms with E-state index in [9.17, 15) is 0 Å². The quantitative estimate of drug-likeness (QED) is 0.933. The molecule has 4 heteroatoms. The van der Waals surface area contributed by atoms with Gasteiger partial charge in [-0.1, -0.05) is 6.07 Å². The molecule has 1 aromatic carbocycles. The second-order valence-electron chi connectivity index (χ2n) is 3.80. The Morgan fingerprint density at radius 2 is 2.12 bits per heavy atom. The van der Waals surface area contributed by atoms with Gasteiger partial charge in [-0.05, 0) is 57.6 Å². The van der Waals surface area contributed by atoms with Gasteiger partial charge in [0.25, 0.3) is 0 Å². The maximum Gasteiger partial charge on any atom is 0.133 e. The molecule has 17 heavy (non-hydrogen) atoms. The molecule has 0 saturated heterocycles. The fraction of sp³-hybridized carbons (Fsp3) is 0.231. The molecule has 1 atom stereocenters. The first-order valence-corrected chi connectivity index (χ1v) is 6.93. The molecule has 0 spiro atoms. The number of thiophene rings is 1. The van der Waals surface area contributed by atoms with Crippen molar-refractivity contribution in [3.63, 3.8) is 0 Å². The Morgan fingerprint density at radius 3 is 2.65 bits per heavy atom. The monoisotopic (exact) mass is 311 g/mol. The van der Waals surface area contributed by atoms with E-state index in [1.807, 2.05) is 18.2 Å². The summed E-state index contributed by atoms with van der Waals surface area (Å²) in [6.07, 6.45) is 0. The minimum absolute atomic E-state index is 0.0801. The third-order valence-electron chi connectivity index (χ3n) is 2.77. The fourth-order valence-electron chi connectivity index (χ4n) is 1.77. The Hall–Kier alpha value is -0.840. The highest BCUT2D eigenvalue weighted by molar-refractivity contribution is 9.10. The third-order valence-corrected chi connectivity index (χ3v) is 4.25. The second-order valence-corrected chi connectivity index (χ2v) is 5.78. The van der Waals surface area contributed by atoms with E-state index in [1.54, 1.807) is 18.4 Å². The zero-order chi connectivity index (χ0) is 12.4. The van der Waals surface area contributed by atoms with Crippen LogP contribution in [0.5, 0.6) is 5.75 Å². The molecule has 0 fully saturated rings. The van der Waals surface area contributed by atoms with E-state index in [0.29, 0.717) is 0 Å². The number of benzene rings is 1. The summed E-state index contributed by atoms with van der Waals surface area (Å²) in [6, 6.07) is 7.96. The summed E-state index contributed by atoms with van der Waals surface area (Å²) in [5.41, 5.74) is 8.54. The summed E-state index contributed by atoms with van der Waals surface area (Å²) >= 11 is 5.20. The van der Waals surface area contributed by atoms with Crippen LogP contribution in [0.25, 0.3) is 0 Å². The van der Waals surface area contributed by atoms with Gasteiger partial charge in [-0.2, -0.15) is 0 Å². The van der Waals surface area contributed by atoms with E-state index in [1.165, 1.54) is 10.4 Å². The zero-order valence-corrected chi connectivity index (χ0v) is 12.1. The molecule has 1 aromatic heterocycles. The first-order valence-electron chi connectivity index (χ1n) is 5.26. The lowest BCUT2D eigenvalue weighted by Crippen LogP contribution is -2.11. The number of aryl methyl sites for hydroxylation is 1. The molecule has 0 saturated carbocycles. The summed E-state index contributed by atoms with van der Waals surface area (Å²) < 4.78 is 6.14. The molecule has 2 aromatic rings. The predicted octanol–water partition coefficient (Wildman–Crippen LogP) is 3.88. The molecule has 0 aliphatic heterocycles. The lowest BCUT2D eigenvalue weighted by Gasteiger charge is -2.13. The molecular formula is C13H14BrNOS. The Morgan fingerprint density at radius 1 is 1.35 bits per heavy atom. The molecule has 0 amide bonds. The van der Waals surface area contributed by atoms with Gasteiger partial charge >= 0.3 is 0 Å². The standard InChI is InChI=1S/C13H14BrNOS/c1-8-10(5-6-17-8)13(15)9-3-4-12(16-2)11(14)7-9/h3-7,13H,15H2,1-2H3. The van der Waals surface area contributed by atoms with Crippen LogP contribution in [0.4, 0.5) is 0 Å². The summed E-state index contributed by atoms with van der Waals surface area (Å²) in [5.74, 6) is 0.822. The number of hydrogen-bond donors (Lipinski definition) is 1. The highest BCUT2D eigenvalue weighted by Crippen LogP contribution is 2.31. The third kappa shape index (κ3) is 2.54. The molecule has 90 valence electrons. The zero-order valence-electron chi connectivity index (χ0n) is 9.74. The largest absolute Gasteiger partial charge is 0.496 e. The molecule has 0 bridgehead atoms. The van der Waals surface area contributed by atoms with Gasteiger partial charge in [0.1, 0.15) is 5.75 Å². The first-order chi connectivity index (χ1) is 8.13. The minimum atomic E-state index is -0.0801. The van der Waals surface area contributed by atoms with Crippen molar-refractivity contribution in [1.82, 2.24) is 0 Å². The van der Waals surface area contributed by atoms with Crippen molar-refractivity contribution in [2.75, 3.05) is 7.11 Å². The highest BCUT2D eigenvalue weighted by atomic mass is 79.9. The van der Waals surface area contributed by atoms with E-state index in [0.717, 1.165) is 15.8 Å². The van der Waals surface area contributed by atoms with Crippen LogP contribution >= 0.6 is 27.3 Å². The molecule has 2 N–H and O–H groups in total. The number of rotatable bonds is 3. The van der Waals surface area contributed by atoms with Crippen molar-refractivity contribution >= 4 is 27.3 Å². The molecule has 1 heterocycles. The predicted molar refractivity (Wildman–Crippen MR) is 75.8 cm³/mol. The molecule has 0 aliphatic carbocycles. The topological polar surface area (TPSA) is 35.2 Å². The van der Waals surface area contributed by atoms with Crippen molar-refractivity contribution in [2.45, 2.75) is 13.0 Å². The van der Waals surface area contributed by atoms with Crippen molar-refractivity contribution in [2.24, 2.45) is 5.73 Å². The van der Waals surface area contributed by atoms with Crippen LogP contribution in [0.15, 0.2) is 34.1 Å². The van der Waals surface area contributed by atoms with Crippen molar-refractivity contribution < 1.29 is 4.74 Å². The molecule has 1 unspecified atom stereocenters. The Bertz CT molecular complexity index is 524. The van der Waals surface area contributed by atoms with Gasteiger partial charge in [0.05, 0.1) is 17.6 Å². The Kier molecular flexibility index (Phi) is 3.86. The van der Waals surface area contributed by atoms with Crippen molar-refractivity contribution in [1.29, 1.82) is 0 Å². The molecule has 2 rings (SSSR count). The number of ether oxygens (including phenoxy) is 1. The van der Waals surface area contributed by atoms with E-state index in [4.69, 9.17) is 10.5 Å². The fourth-order valence-corrected chi connectivity index (χ4v) is 3.08.